The molecule has 0 spiro atoms. The van der Waals surface area contributed by atoms with Gasteiger partial charge >= 0.3 is 0 Å². The van der Waals surface area contributed by atoms with Gasteiger partial charge in [-0.15, -0.1) is 0 Å². The summed E-state index contributed by atoms with van der Waals surface area (Å²) in [6.45, 7) is 8.06. The van der Waals surface area contributed by atoms with Crippen LogP contribution in [0.3, 0.4) is 0 Å². The van der Waals surface area contributed by atoms with Crippen molar-refractivity contribution >= 4 is 0 Å². The molecule has 1 saturated heterocycles. The Morgan fingerprint density at radius 1 is 1.37 bits per heavy atom. The summed E-state index contributed by atoms with van der Waals surface area (Å²) in [5, 5.41) is 3.55. The standard InChI is InChI=1S/C16H25NO2/c1-4-17-16(15-10-7-11-18-15)13-8-5-6-9-14(13)19-12(2)3/h5-6,8-9,12,15-17H,4,7,10-11H2,1-3H3. The van der Waals surface area contributed by atoms with E-state index in [0.717, 1.165) is 31.7 Å². The van der Waals surface area contributed by atoms with Crippen LogP contribution in [-0.4, -0.2) is 25.4 Å². The van der Waals surface area contributed by atoms with Gasteiger partial charge in [0.15, 0.2) is 0 Å². The van der Waals surface area contributed by atoms with Crippen molar-refractivity contribution in [3.63, 3.8) is 0 Å². The van der Waals surface area contributed by atoms with Crippen LogP contribution in [0.2, 0.25) is 0 Å². The average Bonchev–Trinajstić information content (AvgIpc) is 2.90. The molecule has 2 unspecified atom stereocenters. The first-order chi connectivity index (χ1) is 9.22. The highest BCUT2D eigenvalue weighted by Crippen LogP contribution is 2.33. The second-order valence-electron chi connectivity index (χ2n) is 5.29. The molecule has 0 aliphatic carbocycles. The quantitative estimate of drug-likeness (QED) is 0.854. The summed E-state index contributed by atoms with van der Waals surface area (Å²) in [4.78, 5) is 0. The minimum absolute atomic E-state index is 0.188. The lowest BCUT2D eigenvalue weighted by molar-refractivity contribution is 0.0772. The van der Waals surface area contributed by atoms with Crippen molar-refractivity contribution in [1.82, 2.24) is 5.32 Å². The fourth-order valence-corrected chi connectivity index (χ4v) is 2.63. The molecule has 1 fully saturated rings. The van der Waals surface area contributed by atoms with E-state index in [0.29, 0.717) is 0 Å². The third kappa shape index (κ3) is 3.71. The maximum Gasteiger partial charge on any atom is 0.124 e. The lowest BCUT2D eigenvalue weighted by Gasteiger charge is -2.26. The molecule has 3 nitrogen and oxygen atoms in total. The molecule has 0 bridgehead atoms. The Labute approximate surface area is 116 Å². The number of nitrogens with one attached hydrogen (secondary N) is 1. The monoisotopic (exact) mass is 263 g/mol. The minimum atomic E-state index is 0.188. The zero-order valence-electron chi connectivity index (χ0n) is 12.2. The van der Waals surface area contributed by atoms with Crippen LogP contribution in [0.1, 0.15) is 45.2 Å². The van der Waals surface area contributed by atoms with Gasteiger partial charge in [0.25, 0.3) is 0 Å². The predicted octanol–water partition coefficient (Wildman–Crippen LogP) is 3.30. The van der Waals surface area contributed by atoms with Crippen molar-refractivity contribution in [3.8, 4) is 5.75 Å². The van der Waals surface area contributed by atoms with Gasteiger partial charge in [-0.3, -0.25) is 0 Å². The number of ether oxygens (including phenoxy) is 2. The average molecular weight is 263 g/mol. The van der Waals surface area contributed by atoms with Gasteiger partial charge in [-0.05, 0) is 39.3 Å². The number of para-hydroxylation sites is 1. The fourth-order valence-electron chi connectivity index (χ4n) is 2.63. The Kier molecular flexibility index (Phi) is 5.23. The SMILES string of the molecule is CCNC(c1ccccc1OC(C)C)C1CCCO1. The molecule has 0 aromatic heterocycles. The molecule has 1 aromatic carbocycles. The van der Waals surface area contributed by atoms with Crippen LogP contribution in [0.25, 0.3) is 0 Å². The first kappa shape index (κ1) is 14.4. The molecule has 1 aliphatic heterocycles. The summed E-state index contributed by atoms with van der Waals surface area (Å²) in [6, 6.07) is 8.52. The van der Waals surface area contributed by atoms with Crippen LogP contribution in [0.4, 0.5) is 0 Å². The third-order valence-electron chi connectivity index (χ3n) is 3.38. The molecular weight excluding hydrogens is 238 g/mol. The van der Waals surface area contributed by atoms with E-state index in [1.165, 1.54) is 5.56 Å². The first-order valence-electron chi connectivity index (χ1n) is 7.33. The Bertz CT molecular complexity index is 386. The van der Waals surface area contributed by atoms with Crippen LogP contribution in [-0.2, 0) is 4.74 Å². The van der Waals surface area contributed by atoms with E-state index >= 15 is 0 Å². The highest BCUT2D eigenvalue weighted by atomic mass is 16.5. The van der Waals surface area contributed by atoms with Gasteiger partial charge in [0.05, 0.1) is 18.2 Å². The smallest absolute Gasteiger partial charge is 0.124 e. The third-order valence-corrected chi connectivity index (χ3v) is 3.38. The lowest BCUT2D eigenvalue weighted by atomic mass is 9.98. The highest BCUT2D eigenvalue weighted by molar-refractivity contribution is 5.37. The summed E-state index contributed by atoms with van der Waals surface area (Å²) < 4.78 is 11.8. The Morgan fingerprint density at radius 2 is 2.16 bits per heavy atom. The zero-order chi connectivity index (χ0) is 13.7. The second-order valence-corrected chi connectivity index (χ2v) is 5.29. The Hall–Kier alpha value is -1.06. The molecular formula is C16H25NO2. The minimum Gasteiger partial charge on any atom is -0.491 e. The van der Waals surface area contributed by atoms with Gasteiger partial charge in [0.1, 0.15) is 5.75 Å². The van der Waals surface area contributed by atoms with Crippen LogP contribution in [0.5, 0.6) is 5.75 Å². The van der Waals surface area contributed by atoms with Crippen molar-refractivity contribution in [2.75, 3.05) is 13.2 Å². The lowest BCUT2D eigenvalue weighted by Crippen LogP contribution is -2.32. The van der Waals surface area contributed by atoms with E-state index in [4.69, 9.17) is 9.47 Å². The van der Waals surface area contributed by atoms with E-state index in [1.54, 1.807) is 0 Å². The Balaban J connectivity index is 2.24. The van der Waals surface area contributed by atoms with E-state index in [2.05, 4.69) is 44.3 Å². The molecule has 106 valence electrons. The number of rotatable bonds is 6. The van der Waals surface area contributed by atoms with Gasteiger partial charge in [0.2, 0.25) is 0 Å². The van der Waals surface area contributed by atoms with Gasteiger partial charge in [0, 0.05) is 12.2 Å². The van der Waals surface area contributed by atoms with E-state index < -0.39 is 0 Å². The van der Waals surface area contributed by atoms with Gasteiger partial charge in [-0.2, -0.15) is 0 Å². The topological polar surface area (TPSA) is 30.5 Å². The molecule has 1 heterocycles. The second kappa shape index (κ2) is 6.92. The molecule has 2 atom stereocenters. The maximum atomic E-state index is 5.94. The molecule has 0 amide bonds. The van der Waals surface area contributed by atoms with Gasteiger partial charge in [-0.25, -0.2) is 0 Å². The molecule has 0 saturated carbocycles. The molecule has 1 aromatic rings. The summed E-state index contributed by atoms with van der Waals surface area (Å²) in [6.07, 6.45) is 2.72. The van der Waals surface area contributed by atoms with Crippen LogP contribution < -0.4 is 10.1 Å². The summed E-state index contributed by atoms with van der Waals surface area (Å²) in [5.41, 5.74) is 1.21. The largest absolute Gasteiger partial charge is 0.491 e. The van der Waals surface area contributed by atoms with Crippen molar-refractivity contribution in [1.29, 1.82) is 0 Å². The molecule has 0 radical (unpaired) electrons. The van der Waals surface area contributed by atoms with Crippen LogP contribution in [0.15, 0.2) is 24.3 Å². The van der Waals surface area contributed by atoms with Crippen molar-refractivity contribution in [2.24, 2.45) is 0 Å². The van der Waals surface area contributed by atoms with Crippen molar-refractivity contribution in [2.45, 2.75) is 51.9 Å². The highest BCUT2D eigenvalue weighted by Gasteiger charge is 2.28. The van der Waals surface area contributed by atoms with Crippen LogP contribution >= 0.6 is 0 Å². The number of likely N-dealkylation sites (N-methyl/N-ethyl adjacent to an activating group) is 1. The molecule has 3 heteroatoms. The summed E-state index contributed by atoms with van der Waals surface area (Å²) in [5.74, 6) is 0.971. The first-order valence-corrected chi connectivity index (χ1v) is 7.33. The van der Waals surface area contributed by atoms with Gasteiger partial charge < -0.3 is 14.8 Å². The number of hydrogen-bond acceptors (Lipinski definition) is 3. The molecule has 1 N–H and O–H groups in total. The van der Waals surface area contributed by atoms with Crippen molar-refractivity contribution < 1.29 is 9.47 Å². The Morgan fingerprint density at radius 3 is 2.79 bits per heavy atom. The predicted molar refractivity (Wildman–Crippen MR) is 77.6 cm³/mol. The summed E-state index contributed by atoms with van der Waals surface area (Å²) in [7, 11) is 0. The fraction of sp³-hybridized carbons (Fsp3) is 0.625. The number of hydrogen-bond donors (Lipinski definition) is 1. The zero-order valence-corrected chi connectivity index (χ0v) is 12.2. The molecule has 2 rings (SSSR count). The van der Waals surface area contributed by atoms with Crippen molar-refractivity contribution in [3.05, 3.63) is 29.8 Å². The number of benzene rings is 1. The molecule has 1 aliphatic rings. The van der Waals surface area contributed by atoms with E-state index in [1.807, 2.05) is 6.07 Å². The normalized spacial score (nSPS) is 20.7. The molecule has 19 heavy (non-hydrogen) atoms. The van der Waals surface area contributed by atoms with Gasteiger partial charge in [-0.1, -0.05) is 25.1 Å². The van der Waals surface area contributed by atoms with E-state index in [9.17, 15) is 0 Å². The summed E-state index contributed by atoms with van der Waals surface area (Å²) >= 11 is 0. The maximum absolute atomic E-state index is 5.94. The van der Waals surface area contributed by atoms with E-state index in [-0.39, 0.29) is 18.2 Å². The van der Waals surface area contributed by atoms with Crippen LogP contribution in [0, 0.1) is 0 Å².